The summed E-state index contributed by atoms with van der Waals surface area (Å²) in [7, 11) is 0. The van der Waals surface area contributed by atoms with Crippen LogP contribution in [0.5, 0.6) is 0 Å². The maximum atomic E-state index is 14.6. The Morgan fingerprint density at radius 2 is 0.753 bits per heavy atom. The van der Waals surface area contributed by atoms with E-state index in [1.807, 2.05) is 146 Å². The molecule has 0 radical (unpaired) electrons. The van der Waals surface area contributed by atoms with E-state index < -0.39 is 0 Å². The molecule has 0 aliphatic carbocycles. The Kier molecular flexibility index (Phi) is 13.9. The maximum absolute atomic E-state index is 14.6. The second-order valence-corrected chi connectivity index (χ2v) is 20.2. The Hall–Kier alpha value is -8.47. The number of carbonyl (C=O) groups is 4. The number of carbonyl (C=O) groups excluding carboxylic acids is 4. The zero-order valence-corrected chi connectivity index (χ0v) is 43.1. The van der Waals surface area contributed by atoms with E-state index in [9.17, 15) is 19.2 Å². The highest BCUT2D eigenvalue weighted by Crippen LogP contribution is 2.43. The van der Waals surface area contributed by atoms with Gasteiger partial charge in [-0.05, 0) is 131 Å². The molecule has 15 nitrogen and oxygen atoms in total. The second kappa shape index (κ2) is 21.6. The third-order valence-electron chi connectivity index (χ3n) is 14.7. The summed E-state index contributed by atoms with van der Waals surface area (Å²) in [5.41, 5.74) is 13.5. The highest BCUT2D eigenvalue weighted by atomic mass is 35.5. The van der Waals surface area contributed by atoms with E-state index in [0.717, 1.165) is 52.6 Å². The van der Waals surface area contributed by atoms with Crippen LogP contribution in [0, 0.1) is 0 Å². The number of anilines is 4. The minimum Gasteiger partial charge on any atom is -0.354 e. The number of halogens is 1. The Morgan fingerprint density at radius 3 is 1.10 bits per heavy atom. The van der Waals surface area contributed by atoms with Crippen molar-refractivity contribution in [1.82, 2.24) is 34.6 Å². The summed E-state index contributed by atoms with van der Waals surface area (Å²) in [5, 5.41) is 13.0. The number of aromatic amines is 2. The minimum absolute atomic E-state index is 0.130. The molecule has 386 valence electrons. The van der Waals surface area contributed by atoms with E-state index >= 15 is 0 Å². The fourth-order valence-corrected chi connectivity index (χ4v) is 11.4. The third-order valence-corrected chi connectivity index (χ3v) is 14.9. The molecule has 1 saturated heterocycles. The number of fused-ring (bicyclic) bond motifs is 18. The van der Waals surface area contributed by atoms with Gasteiger partial charge in [0.25, 0.3) is 0 Å². The summed E-state index contributed by atoms with van der Waals surface area (Å²) in [4.78, 5) is 81.8. The van der Waals surface area contributed by atoms with Crippen LogP contribution < -0.4 is 21.3 Å². The molecule has 4 aromatic carbocycles. The molecule has 1 fully saturated rings. The van der Waals surface area contributed by atoms with Gasteiger partial charge in [-0.3, -0.25) is 33.9 Å². The number of benzene rings is 4. The fraction of sp³-hybridized carbons (Fsp3) is 0.213. The number of hydrogen-bond acceptors (Lipinski definition) is 9. The van der Waals surface area contributed by atoms with E-state index in [0.29, 0.717) is 118 Å². The van der Waals surface area contributed by atoms with Crippen molar-refractivity contribution >= 4 is 104 Å². The molecule has 16 heteroatoms. The van der Waals surface area contributed by atoms with Gasteiger partial charge < -0.3 is 31.2 Å². The lowest BCUT2D eigenvalue weighted by Gasteiger charge is -2.29. The molecule has 3 unspecified atom stereocenters. The lowest BCUT2D eigenvalue weighted by molar-refractivity contribution is -0.117. The number of rotatable bonds is 3. The average molecular weight is 1040 g/mol. The summed E-state index contributed by atoms with van der Waals surface area (Å²) in [5.74, 6) is -1.10. The molecule has 5 aliphatic rings. The molecule has 7 aromatic rings. The zero-order chi connectivity index (χ0) is 52.4. The van der Waals surface area contributed by atoms with Crippen LogP contribution in [0.2, 0.25) is 0 Å². The molecule has 6 N–H and O–H groups in total. The van der Waals surface area contributed by atoms with Gasteiger partial charge in [0.05, 0.1) is 42.4 Å². The first-order valence-corrected chi connectivity index (χ1v) is 26.7. The minimum atomic E-state index is -0.364. The Bertz CT molecular complexity index is 3680. The summed E-state index contributed by atoms with van der Waals surface area (Å²) in [6, 6.07) is 39.0. The van der Waals surface area contributed by atoms with Crippen LogP contribution in [0.4, 0.5) is 22.7 Å². The number of aromatic nitrogens is 4. The van der Waals surface area contributed by atoms with E-state index in [1.165, 1.54) is 0 Å². The lowest BCUT2D eigenvalue weighted by Crippen LogP contribution is -2.42. The Morgan fingerprint density at radius 1 is 0.442 bits per heavy atom. The number of alkyl halides is 1. The predicted molar refractivity (Wildman–Crippen MR) is 309 cm³/mol. The second-order valence-electron chi connectivity index (χ2n) is 19.9. The number of hydrogen-bond donors (Lipinski definition) is 6. The van der Waals surface area contributed by atoms with Gasteiger partial charge in [-0.15, -0.1) is 11.6 Å². The Labute approximate surface area is 450 Å². The first-order valence-electron chi connectivity index (χ1n) is 26.2. The van der Waals surface area contributed by atoms with Crippen molar-refractivity contribution in [2.75, 3.05) is 86.0 Å². The summed E-state index contributed by atoms with van der Waals surface area (Å²) >= 11 is 6.10. The number of H-pyrrole nitrogens is 2. The van der Waals surface area contributed by atoms with Crippen LogP contribution in [-0.4, -0.2) is 123 Å². The molecule has 0 saturated carbocycles. The first kappa shape index (κ1) is 49.4. The fourth-order valence-electron chi connectivity index (χ4n) is 11.3. The molecule has 12 rings (SSSR count). The van der Waals surface area contributed by atoms with Crippen LogP contribution in [0.1, 0.15) is 42.0 Å². The van der Waals surface area contributed by atoms with Crippen molar-refractivity contribution in [3.63, 3.8) is 0 Å². The number of nitrogens with one attached hydrogen (secondary N) is 6. The standard InChI is InChI=1S/C61H56ClN11O4/c62-34-54(74)67-42-16-5-1-12-38(42)58-46-20-22-48(63-46)59-39-13-2-6-17-43(39)68-55(75)35-71-28-9-29-72-31-11-33-73(32-10-30-71)37-57(77)70-45-19-8-4-15-41(45)61(52-26-24-50(59)65-52)53-27-25-51(66-53)60(49-23-21-47(58)64-49)40-14-3-7-18-44(40)69-56(76)36-72/h1-8,12-27,63,66H,9-11,28-37H2,(H,67,74)(H,68,75)(H,69,76)(H,70,77). The highest BCUT2D eigenvalue weighted by Gasteiger charge is 2.26. The number of para-hydroxylation sites is 4. The molecule has 8 heterocycles. The molecule has 77 heavy (non-hydrogen) atoms. The molecular weight excluding hydrogens is 986 g/mol. The quantitative estimate of drug-likeness (QED) is 0.0938. The molecular formula is C61H56ClN11O4. The molecule has 0 spiro atoms. The zero-order valence-electron chi connectivity index (χ0n) is 42.3. The molecule has 14 bridgehead atoms. The van der Waals surface area contributed by atoms with Crippen molar-refractivity contribution in [2.24, 2.45) is 0 Å². The van der Waals surface area contributed by atoms with E-state index in [2.05, 4.69) is 45.9 Å². The summed E-state index contributed by atoms with van der Waals surface area (Å²) in [6.45, 7) is 4.18. The van der Waals surface area contributed by atoms with E-state index in [-0.39, 0.29) is 49.1 Å². The van der Waals surface area contributed by atoms with Crippen LogP contribution in [-0.2, 0) is 19.2 Å². The predicted octanol–water partition coefficient (Wildman–Crippen LogP) is 10.4. The van der Waals surface area contributed by atoms with Crippen LogP contribution in [0.25, 0.3) is 90.9 Å². The Balaban J connectivity index is 1.24. The van der Waals surface area contributed by atoms with Crippen molar-refractivity contribution in [3.8, 4) is 44.5 Å². The lowest BCUT2D eigenvalue weighted by atomic mass is 10.0. The van der Waals surface area contributed by atoms with Gasteiger partial charge in [0, 0.05) is 89.3 Å². The highest BCUT2D eigenvalue weighted by molar-refractivity contribution is 6.29. The largest absolute Gasteiger partial charge is 0.354 e. The molecule has 5 aliphatic heterocycles. The van der Waals surface area contributed by atoms with Crippen LogP contribution in [0.3, 0.4) is 0 Å². The van der Waals surface area contributed by atoms with E-state index in [4.69, 9.17) is 21.6 Å². The number of nitrogens with zero attached hydrogens (tertiary/aromatic N) is 5. The van der Waals surface area contributed by atoms with Gasteiger partial charge in [0.15, 0.2) is 0 Å². The van der Waals surface area contributed by atoms with Gasteiger partial charge in [-0.2, -0.15) is 0 Å². The average Bonchev–Trinajstić information content (AvgIpc) is 4.32. The van der Waals surface area contributed by atoms with Gasteiger partial charge in [0.2, 0.25) is 23.6 Å². The maximum Gasteiger partial charge on any atom is 0.239 e. The van der Waals surface area contributed by atoms with Crippen LogP contribution in [0.15, 0.2) is 121 Å². The van der Waals surface area contributed by atoms with Gasteiger partial charge in [-0.1, -0.05) is 72.8 Å². The molecule has 3 atom stereocenters. The summed E-state index contributed by atoms with van der Waals surface area (Å²) < 4.78 is 0. The molecule has 4 amide bonds. The monoisotopic (exact) mass is 1040 g/mol. The molecule has 3 aromatic heterocycles. The number of amides is 4. The van der Waals surface area contributed by atoms with Crippen molar-refractivity contribution in [3.05, 3.63) is 144 Å². The topological polar surface area (TPSA) is 183 Å². The van der Waals surface area contributed by atoms with E-state index in [1.54, 1.807) is 0 Å². The van der Waals surface area contributed by atoms with Gasteiger partial charge in [0.1, 0.15) is 5.88 Å². The van der Waals surface area contributed by atoms with Gasteiger partial charge >= 0.3 is 0 Å². The van der Waals surface area contributed by atoms with Crippen molar-refractivity contribution in [2.45, 2.75) is 19.3 Å². The first-order chi connectivity index (χ1) is 37.7. The van der Waals surface area contributed by atoms with Crippen molar-refractivity contribution in [1.29, 1.82) is 0 Å². The van der Waals surface area contributed by atoms with Gasteiger partial charge in [-0.25, -0.2) is 9.97 Å². The summed E-state index contributed by atoms with van der Waals surface area (Å²) in [6.07, 6.45) is 10.1. The third kappa shape index (κ3) is 10.3. The smallest absolute Gasteiger partial charge is 0.239 e. The SMILES string of the molecule is O=C(CCl)Nc1ccccc1-c1c2nc(c3c4ccc([nH]4)c4c5nc(c(c6ccc1[nH]6)-c1ccccc1NC(=O)CN1CCCN(CCCN(CCC1)CC(=O)Nc1ccccc1-4)CC(=O)Nc1ccccc1-3)C=C5)C=C2. The van der Waals surface area contributed by atoms with Crippen LogP contribution >= 0.6 is 11.6 Å². The normalized spacial score (nSPS) is 18.6. The van der Waals surface area contributed by atoms with Crippen molar-refractivity contribution < 1.29 is 19.2 Å².